The summed E-state index contributed by atoms with van der Waals surface area (Å²) in [6.07, 6.45) is -3.77. The number of carbonyl (C=O) groups is 17. The van der Waals surface area contributed by atoms with Crippen molar-refractivity contribution in [1.29, 1.82) is 0 Å². The van der Waals surface area contributed by atoms with E-state index in [1.807, 2.05) is 0 Å². The molecule has 103 heavy (non-hydrogen) atoms. The molecule has 0 saturated carbocycles. The van der Waals surface area contributed by atoms with Crippen LogP contribution in [0.2, 0.25) is 0 Å². The van der Waals surface area contributed by atoms with Crippen LogP contribution in [0.5, 0.6) is 0 Å². The monoisotopic (exact) mass is 1490 g/mol. The molecule has 0 aliphatic carbocycles. The SMILES string of the molecule is CC[C@H](C)[C@H](NC(=O)CNC(=O)[C@H](CCC(=O)O)NC(=O)[C@H](CCC(=O)O)NC(=O)[C@H](CC(C)C)NC(=O)[C@H](CC(=O)O)NC(=O)[C@@H](N)CCCCN)C(=O)N[C@@H](CCC(N)=O)C(=O)N[C@H](C(=O)N[C@@H](CC(C)C)C(=O)N[C@@H](CCSC)C(=O)NCC(=O)N[C@@H](CCCN=C(N)N)C(=O)O)[C@@H](C)O. The van der Waals surface area contributed by atoms with Gasteiger partial charge in [-0.3, -0.25) is 81.7 Å². The van der Waals surface area contributed by atoms with Gasteiger partial charge < -0.3 is 118 Å². The number of aliphatic hydroxyl groups is 1. The third kappa shape index (κ3) is 40.1. The molecular formula is C62H108N18O22S. The number of carbonyl (C=O) groups excluding carboxylic acids is 13. The third-order valence-corrected chi connectivity index (χ3v) is 16.1. The molecule has 0 aromatic heterocycles. The fourth-order valence-electron chi connectivity index (χ4n) is 9.63. The highest BCUT2D eigenvalue weighted by atomic mass is 32.2. The van der Waals surface area contributed by atoms with E-state index in [4.69, 9.17) is 28.7 Å². The minimum absolute atomic E-state index is 0.00815. The molecule has 41 heteroatoms. The van der Waals surface area contributed by atoms with Crippen LogP contribution < -0.4 is 92.5 Å². The quantitative estimate of drug-likeness (QED) is 0.0153. The number of hydrogen-bond acceptors (Lipinski definition) is 22. The number of nitrogens with one attached hydrogen (secondary N) is 12. The molecule has 0 aromatic carbocycles. The number of carboxylic acid groups (broad SMARTS) is 4. The molecule has 13 amide bonds. The number of aliphatic carboxylic acids is 4. The van der Waals surface area contributed by atoms with Gasteiger partial charge in [0.25, 0.3) is 0 Å². The zero-order valence-corrected chi connectivity index (χ0v) is 60.2. The molecule has 0 bridgehead atoms. The Labute approximate surface area is 600 Å². The van der Waals surface area contributed by atoms with Crippen LogP contribution in [0, 0.1) is 17.8 Å². The van der Waals surface area contributed by atoms with Crippen LogP contribution in [-0.2, 0) is 81.5 Å². The van der Waals surface area contributed by atoms with Gasteiger partial charge in [0.15, 0.2) is 5.96 Å². The summed E-state index contributed by atoms with van der Waals surface area (Å²) in [5, 5.41) is 77.5. The molecule has 0 unspecified atom stereocenters. The minimum Gasteiger partial charge on any atom is -0.481 e. The van der Waals surface area contributed by atoms with E-state index in [1.165, 1.54) is 18.7 Å². The fraction of sp³-hybridized carbons (Fsp3) is 0.710. The van der Waals surface area contributed by atoms with Crippen molar-refractivity contribution in [2.45, 2.75) is 224 Å². The number of rotatable bonds is 54. The largest absolute Gasteiger partial charge is 0.481 e. The van der Waals surface area contributed by atoms with E-state index in [0.717, 1.165) is 6.92 Å². The molecule has 0 spiro atoms. The van der Waals surface area contributed by atoms with Gasteiger partial charge in [-0.2, -0.15) is 11.8 Å². The molecule has 0 aliphatic rings. The van der Waals surface area contributed by atoms with Crippen molar-refractivity contribution < 1.29 is 107 Å². The van der Waals surface area contributed by atoms with E-state index in [9.17, 15) is 107 Å². The van der Waals surface area contributed by atoms with Gasteiger partial charge in [-0.1, -0.05) is 54.4 Å². The Kier molecular flexibility index (Phi) is 45.3. The lowest BCUT2D eigenvalue weighted by Crippen LogP contribution is -2.62. The number of aliphatic hydroxyl groups excluding tert-OH is 1. The smallest absolute Gasteiger partial charge is 0.326 e. The van der Waals surface area contributed by atoms with E-state index < -0.39 is 237 Å². The topological polar surface area (TPSA) is 678 Å². The lowest BCUT2D eigenvalue weighted by molar-refractivity contribution is -0.142. The van der Waals surface area contributed by atoms with E-state index in [1.54, 1.807) is 40.9 Å². The summed E-state index contributed by atoms with van der Waals surface area (Å²) in [6.45, 7) is 9.60. The van der Waals surface area contributed by atoms with Gasteiger partial charge in [0.1, 0.15) is 60.4 Å². The van der Waals surface area contributed by atoms with Gasteiger partial charge in [-0.25, -0.2) is 4.79 Å². The number of carboxylic acids is 4. The van der Waals surface area contributed by atoms with Crippen molar-refractivity contribution in [3.8, 4) is 0 Å². The van der Waals surface area contributed by atoms with Crippen LogP contribution in [0.4, 0.5) is 0 Å². The first-order valence-electron chi connectivity index (χ1n) is 33.6. The number of aliphatic imine (C=N–C) groups is 1. The second-order valence-electron chi connectivity index (χ2n) is 25.3. The molecule has 40 nitrogen and oxygen atoms in total. The zero-order valence-electron chi connectivity index (χ0n) is 59.4. The first kappa shape index (κ1) is 93.5. The molecule has 0 aromatic rings. The summed E-state index contributed by atoms with van der Waals surface area (Å²) in [4.78, 5) is 228. The summed E-state index contributed by atoms with van der Waals surface area (Å²) in [5.74, 6) is -20.8. The molecule has 0 heterocycles. The van der Waals surface area contributed by atoms with Crippen molar-refractivity contribution in [3.63, 3.8) is 0 Å². The van der Waals surface area contributed by atoms with Crippen LogP contribution >= 0.6 is 11.8 Å². The molecule has 0 radical (unpaired) electrons. The maximum Gasteiger partial charge on any atom is 0.326 e. The van der Waals surface area contributed by atoms with E-state index in [2.05, 4.69) is 68.8 Å². The Hall–Kier alpha value is -9.51. The Balaban J connectivity index is 6.70. The van der Waals surface area contributed by atoms with Crippen LogP contribution in [0.15, 0.2) is 4.99 Å². The number of nitrogens with two attached hydrogens (primary N) is 5. The van der Waals surface area contributed by atoms with Gasteiger partial charge >= 0.3 is 23.9 Å². The van der Waals surface area contributed by atoms with Crippen molar-refractivity contribution in [3.05, 3.63) is 0 Å². The molecule has 584 valence electrons. The first-order valence-corrected chi connectivity index (χ1v) is 35.0. The van der Waals surface area contributed by atoms with Gasteiger partial charge in [0.05, 0.1) is 31.7 Å². The number of unbranched alkanes of at least 4 members (excludes halogenated alkanes) is 1. The third-order valence-electron chi connectivity index (χ3n) is 15.4. The van der Waals surface area contributed by atoms with Gasteiger partial charge in [0.2, 0.25) is 76.8 Å². The fourth-order valence-corrected chi connectivity index (χ4v) is 10.1. The maximum absolute atomic E-state index is 14.2. The molecule has 27 N–H and O–H groups in total. The lowest BCUT2D eigenvalue weighted by atomic mass is 9.97. The Morgan fingerprint density at radius 1 is 0.437 bits per heavy atom. The highest BCUT2D eigenvalue weighted by Crippen LogP contribution is 2.14. The van der Waals surface area contributed by atoms with Crippen LogP contribution in [0.3, 0.4) is 0 Å². The molecule has 0 fully saturated rings. The number of thioether (sulfide) groups is 1. The summed E-state index contributed by atoms with van der Waals surface area (Å²) < 4.78 is 0. The maximum atomic E-state index is 14.2. The number of primary amides is 1. The Morgan fingerprint density at radius 3 is 1.29 bits per heavy atom. The van der Waals surface area contributed by atoms with Crippen molar-refractivity contribution >= 4 is 118 Å². The van der Waals surface area contributed by atoms with E-state index >= 15 is 0 Å². The van der Waals surface area contributed by atoms with E-state index in [-0.39, 0.29) is 69.3 Å². The zero-order chi connectivity index (χ0) is 78.8. The molecule has 0 aliphatic heterocycles. The lowest BCUT2D eigenvalue weighted by Gasteiger charge is -2.29. The molecular weight excluding hydrogens is 1380 g/mol. The second-order valence-corrected chi connectivity index (χ2v) is 26.3. The highest BCUT2D eigenvalue weighted by Gasteiger charge is 2.38. The van der Waals surface area contributed by atoms with Gasteiger partial charge in [0, 0.05) is 25.8 Å². The normalized spacial score (nSPS) is 14.8. The minimum atomic E-state index is -1.89. The average Bonchev–Trinajstić information content (AvgIpc) is 0.855. The number of amides is 13. The first-order chi connectivity index (χ1) is 48.2. The number of nitrogens with zero attached hydrogens (tertiary/aromatic N) is 1. The molecule has 13 atom stereocenters. The van der Waals surface area contributed by atoms with Crippen LogP contribution in [-0.4, -0.2) is 243 Å². The van der Waals surface area contributed by atoms with Crippen molar-refractivity contribution in [2.24, 2.45) is 51.4 Å². The van der Waals surface area contributed by atoms with Gasteiger partial charge in [-0.05, 0) is 107 Å². The standard InChI is InChI=1S/C62H108N18O22S/c1-9-32(6)49(79-45(84)29-70-52(92)35(16-19-46(85)86)72-54(94)37(17-20-47(87)88)73-56(96)40(25-30(2)3)77-58(98)42(27-48(89)90)76-51(91)34(64)13-10-11-22-63)59(99)75-36(15-18-43(65)82)55(95)80-50(33(7)81)60(100)78-41(26-31(4)5)57(97)74-38(21-24-103-8)53(93)69-28-44(83)71-39(61(101)102)14-12-23-68-62(66)67/h30-42,49-50,81H,9-29,63-64H2,1-8H3,(H2,65,82)(H,69,93)(H,70,92)(H,71,83)(H,72,94)(H,73,96)(H,74,97)(H,75,99)(H,76,91)(H,77,98)(H,78,100)(H,79,84)(H,80,95)(H,85,86)(H,87,88)(H,89,90)(H,101,102)(H4,66,67,68)/t32-,33+,34-,35-,36-,37-,38-,39-,40-,41-,42-,49-,50-/m0/s1. The highest BCUT2D eigenvalue weighted by molar-refractivity contribution is 7.98. The van der Waals surface area contributed by atoms with Crippen molar-refractivity contribution in [2.75, 3.05) is 38.2 Å². The number of guanidine groups is 1. The van der Waals surface area contributed by atoms with Crippen molar-refractivity contribution in [1.82, 2.24) is 63.8 Å². The van der Waals surface area contributed by atoms with Crippen LogP contribution in [0.25, 0.3) is 0 Å². The van der Waals surface area contributed by atoms with E-state index in [0.29, 0.717) is 25.1 Å². The predicted octanol–water partition coefficient (Wildman–Crippen LogP) is -6.60. The summed E-state index contributed by atoms with van der Waals surface area (Å²) in [6, 6.07) is -17.4. The average molecular weight is 1490 g/mol. The molecule has 0 rings (SSSR count). The van der Waals surface area contributed by atoms with Gasteiger partial charge in [-0.15, -0.1) is 0 Å². The summed E-state index contributed by atoms with van der Waals surface area (Å²) in [5.41, 5.74) is 27.4. The molecule has 0 saturated heterocycles. The Bertz CT molecular complexity index is 2920. The Morgan fingerprint density at radius 2 is 0.854 bits per heavy atom. The summed E-state index contributed by atoms with van der Waals surface area (Å²) in [7, 11) is 0. The number of hydrogen-bond donors (Lipinski definition) is 22. The predicted molar refractivity (Wildman–Crippen MR) is 371 cm³/mol. The summed E-state index contributed by atoms with van der Waals surface area (Å²) >= 11 is 1.31. The second kappa shape index (κ2) is 50.0. The van der Waals surface area contributed by atoms with Crippen LogP contribution in [0.1, 0.15) is 151 Å².